The lowest BCUT2D eigenvalue weighted by Crippen LogP contribution is -2.19. The van der Waals surface area contributed by atoms with Gasteiger partial charge in [-0.25, -0.2) is 0 Å². The molecule has 0 saturated carbocycles. The molecule has 0 amide bonds. The van der Waals surface area contributed by atoms with E-state index in [1.807, 2.05) is 25.2 Å². The van der Waals surface area contributed by atoms with E-state index in [1.54, 1.807) is 0 Å². The number of nitrogens with zero attached hydrogens (tertiary/aromatic N) is 2. The van der Waals surface area contributed by atoms with Gasteiger partial charge in [-0.15, -0.1) is 0 Å². The molecular formula is C11H16BrN3O. The molecule has 0 aliphatic heterocycles. The monoisotopic (exact) mass is 285 g/mol. The van der Waals surface area contributed by atoms with Crippen LogP contribution in [0.1, 0.15) is 18.9 Å². The Bertz CT molecular complexity index is 393. The maximum Gasteiger partial charge on any atom is 0.170 e. The molecular weight excluding hydrogens is 270 g/mol. The molecule has 1 aromatic carbocycles. The van der Waals surface area contributed by atoms with E-state index in [1.165, 1.54) is 0 Å². The number of hydrogen-bond donors (Lipinski definition) is 2. The van der Waals surface area contributed by atoms with Crippen molar-refractivity contribution < 1.29 is 5.21 Å². The molecule has 3 N–H and O–H groups in total. The number of oxime groups is 1. The average Bonchev–Trinajstić information content (AvgIpc) is 2.28. The van der Waals surface area contributed by atoms with Crippen LogP contribution >= 0.6 is 15.9 Å². The zero-order chi connectivity index (χ0) is 12.1. The largest absolute Gasteiger partial charge is 0.409 e. The first-order chi connectivity index (χ1) is 7.60. The highest BCUT2D eigenvalue weighted by atomic mass is 79.9. The fraction of sp³-hybridized carbons (Fsp3) is 0.364. The van der Waals surface area contributed by atoms with Gasteiger partial charge in [-0.05, 0) is 40.5 Å². The Morgan fingerprint density at radius 3 is 2.75 bits per heavy atom. The first-order valence-corrected chi connectivity index (χ1v) is 5.88. The van der Waals surface area contributed by atoms with Gasteiger partial charge < -0.3 is 15.8 Å². The van der Waals surface area contributed by atoms with Crippen LogP contribution in [0.4, 0.5) is 5.69 Å². The van der Waals surface area contributed by atoms with E-state index >= 15 is 0 Å². The summed E-state index contributed by atoms with van der Waals surface area (Å²) in [5.41, 5.74) is 7.30. The van der Waals surface area contributed by atoms with E-state index in [4.69, 9.17) is 10.9 Å². The quantitative estimate of drug-likeness (QED) is 0.386. The fourth-order valence-electron chi connectivity index (χ4n) is 1.49. The Labute approximate surface area is 104 Å². The zero-order valence-corrected chi connectivity index (χ0v) is 11.0. The molecule has 0 saturated heterocycles. The minimum Gasteiger partial charge on any atom is -0.409 e. The highest BCUT2D eigenvalue weighted by molar-refractivity contribution is 9.10. The third-order valence-corrected chi connectivity index (χ3v) is 2.96. The second kappa shape index (κ2) is 5.75. The summed E-state index contributed by atoms with van der Waals surface area (Å²) in [5, 5.41) is 11.5. The maximum absolute atomic E-state index is 8.58. The van der Waals surface area contributed by atoms with Crippen molar-refractivity contribution in [1.29, 1.82) is 0 Å². The average molecular weight is 286 g/mol. The van der Waals surface area contributed by atoms with Crippen LogP contribution in [0.25, 0.3) is 0 Å². The third kappa shape index (κ3) is 2.88. The van der Waals surface area contributed by atoms with Gasteiger partial charge in [0.15, 0.2) is 5.84 Å². The van der Waals surface area contributed by atoms with Crippen molar-refractivity contribution in [1.82, 2.24) is 0 Å². The number of anilines is 1. The van der Waals surface area contributed by atoms with Gasteiger partial charge in [0, 0.05) is 23.6 Å². The molecule has 88 valence electrons. The Kier molecular flexibility index (Phi) is 4.61. The molecule has 0 heterocycles. The van der Waals surface area contributed by atoms with Crippen LogP contribution in [0, 0.1) is 0 Å². The van der Waals surface area contributed by atoms with Gasteiger partial charge in [-0.3, -0.25) is 0 Å². The second-order valence-corrected chi connectivity index (χ2v) is 4.43. The molecule has 0 aliphatic rings. The summed E-state index contributed by atoms with van der Waals surface area (Å²) >= 11 is 3.48. The minimum absolute atomic E-state index is 0.116. The number of nitrogens with two attached hydrogens (primary N) is 1. The van der Waals surface area contributed by atoms with Crippen LogP contribution in [0.15, 0.2) is 27.8 Å². The van der Waals surface area contributed by atoms with Crippen LogP contribution in [0.2, 0.25) is 0 Å². The summed E-state index contributed by atoms with van der Waals surface area (Å²) in [4.78, 5) is 2.15. The van der Waals surface area contributed by atoms with Gasteiger partial charge in [0.05, 0.1) is 5.69 Å². The highest BCUT2D eigenvalue weighted by Crippen LogP contribution is 2.26. The summed E-state index contributed by atoms with van der Waals surface area (Å²) in [5.74, 6) is 0.116. The second-order valence-electron chi connectivity index (χ2n) is 3.57. The SMILES string of the molecule is CCCN(C)c1ccc(/C(N)=N/O)cc1Br. The summed E-state index contributed by atoms with van der Waals surface area (Å²) < 4.78 is 0.938. The lowest BCUT2D eigenvalue weighted by Gasteiger charge is -2.20. The molecule has 0 radical (unpaired) electrons. The molecule has 0 unspecified atom stereocenters. The molecule has 0 aromatic heterocycles. The Morgan fingerprint density at radius 2 is 2.25 bits per heavy atom. The van der Waals surface area contributed by atoms with Crippen LogP contribution < -0.4 is 10.6 Å². The summed E-state index contributed by atoms with van der Waals surface area (Å²) in [6, 6.07) is 5.63. The number of amidine groups is 1. The van der Waals surface area contributed by atoms with Crippen molar-refractivity contribution in [3.05, 3.63) is 28.2 Å². The van der Waals surface area contributed by atoms with Crippen molar-refractivity contribution in [2.24, 2.45) is 10.9 Å². The lowest BCUT2D eigenvalue weighted by atomic mass is 10.2. The predicted molar refractivity (Wildman–Crippen MR) is 70.2 cm³/mol. The molecule has 0 spiro atoms. The Hall–Kier alpha value is -1.23. The molecule has 0 atom stereocenters. The van der Waals surface area contributed by atoms with Crippen molar-refractivity contribution in [3.63, 3.8) is 0 Å². The van der Waals surface area contributed by atoms with Crippen molar-refractivity contribution in [3.8, 4) is 0 Å². The van der Waals surface area contributed by atoms with E-state index < -0.39 is 0 Å². The summed E-state index contributed by atoms with van der Waals surface area (Å²) in [6.45, 7) is 3.12. The summed E-state index contributed by atoms with van der Waals surface area (Å²) in [6.07, 6.45) is 1.09. The van der Waals surface area contributed by atoms with E-state index in [2.05, 4.69) is 32.9 Å². The smallest absolute Gasteiger partial charge is 0.170 e. The molecule has 1 aromatic rings. The Morgan fingerprint density at radius 1 is 1.56 bits per heavy atom. The third-order valence-electron chi connectivity index (χ3n) is 2.32. The van der Waals surface area contributed by atoms with Crippen LogP contribution in [-0.4, -0.2) is 24.6 Å². The predicted octanol–water partition coefficient (Wildman–Crippen LogP) is 2.39. The normalized spacial score (nSPS) is 11.6. The van der Waals surface area contributed by atoms with Gasteiger partial charge in [-0.1, -0.05) is 12.1 Å². The standard InChI is InChI=1S/C11H16BrN3O/c1-3-6-15(2)10-5-4-8(7-9(10)12)11(13)14-16/h4-5,7,16H,3,6H2,1-2H3,(H2,13,14). The van der Waals surface area contributed by atoms with Gasteiger partial charge in [0.2, 0.25) is 0 Å². The van der Waals surface area contributed by atoms with Gasteiger partial charge in [0.1, 0.15) is 0 Å². The number of halogens is 1. The molecule has 4 nitrogen and oxygen atoms in total. The molecule has 5 heteroatoms. The molecule has 16 heavy (non-hydrogen) atoms. The lowest BCUT2D eigenvalue weighted by molar-refractivity contribution is 0.318. The van der Waals surface area contributed by atoms with E-state index in [9.17, 15) is 0 Å². The minimum atomic E-state index is 0.116. The van der Waals surface area contributed by atoms with Crippen LogP contribution in [-0.2, 0) is 0 Å². The first kappa shape index (κ1) is 12.8. The van der Waals surface area contributed by atoms with Crippen molar-refractivity contribution in [2.45, 2.75) is 13.3 Å². The van der Waals surface area contributed by atoms with Crippen molar-refractivity contribution >= 4 is 27.5 Å². The number of rotatable bonds is 4. The topological polar surface area (TPSA) is 61.8 Å². The zero-order valence-electron chi connectivity index (χ0n) is 9.44. The number of benzene rings is 1. The molecule has 0 fully saturated rings. The van der Waals surface area contributed by atoms with E-state index in [0.717, 1.165) is 23.1 Å². The van der Waals surface area contributed by atoms with E-state index in [-0.39, 0.29) is 5.84 Å². The Balaban J connectivity index is 3.00. The fourth-order valence-corrected chi connectivity index (χ4v) is 2.17. The van der Waals surface area contributed by atoms with Crippen LogP contribution in [0.3, 0.4) is 0 Å². The number of hydrogen-bond acceptors (Lipinski definition) is 3. The molecule has 0 bridgehead atoms. The molecule has 0 aliphatic carbocycles. The summed E-state index contributed by atoms with van der Waals surface area (Å²) in [7, 11) is 2.03. The van der Waals surface area contributed by atoms with Crippen molar-refractivity contribution in [2.75, 3.05) is 18.5 Å². The first-order valence-electron chi connectivity index (χ1n) is 5.08. The maximum atomic E-state index is 8.58. The van der Waals surface area contributed by atoms with Gasteiger partial charge in [0.25, 0.3) is 0 Å². The molecule has 1 rings (SSSR count). The van der Waals surface area contributed by atoms with Gasteiger partial charge in [-0.2, -0.15) is 0 Å². The van der Waals surface area contributed by atoms with Gasteiger partial charge >= 0.3 is 0 Å². The van der Waals surface area contributed by atoms with Crippen LogP contribution in [0.5, 0.6) is 0 Å². The highest BCUT2D eigenvalue weighted by Gasteiger charge is 2.07. The van der Waals surface area contributed by atoms with E-state index in [0.29, 0.717) is 5.56 Å².